The quantitative estimate of drug-likeness (QED) is 0.744. The van der Waals surface area contributed by atoms with Crippen molar-refractivity contribution in [3.8, 4) is 0 Å². The summed E-state index contributed by atoms with van der Waals surface area (Å²) >= 11 is 0. The van der Waals surface area contributed by atoms with Crippen LogP contribution in [-0.2, 0) is 9.59 Å². The van der Waals surface area contributed by atoms with Gasteiger partial charge in [-0.3, -0.25) is 14.5 Å². The topological polar surface area (TPSA) is 47.1 Å². The van der Waals surface area contributed by atoms with E-state index in [2.05, 4.69) is 28.5 Å². The van der Waals surface area contributed by atoms with Gasteiger partial charge in [-0.1, -0.05) is 0 Å². The summed E-state index contributed by atoms with van der Waals surface area (Å²) in [6.07, 6.45) is 3.95. The summed E-state index contributed by atoms with van der Waals surface area (Å²) in [4.78, 5) is 33.4. The van der Waals surface area contributed by atoms with Gasteiger partial charge in [-0.05, 0) is 45.4 Å². The maximum absolute atomic E-state index is 12.8. The van der Waals surface area contributed by atoms with Gasteiger partial charge >= 0.3 is 0 Å². The number of piperidine rings is 2. The third kappa shape index (κ3) is 5.44. The predicted octanol–water partition coefficient (Wildman–Crippen LogP) is 1.51. The molecule has 6 heteroatoms. The molecule has 154 valence electrons. The van der Waals surface area contributed by atoms with E-state index in [1.807, 2.05) is 4.90 Å². The third-order valence-corrected chi connectivity index (χ3v) is 6.87. The molecule has 3 fully saturated rings. The molecule has 0 unspecified atom stereocenters. The molecule has 0 spiro atoms. The lowest BCUT2D eigenvalue weighted by Gasteiger charge is -2.41. The molecule has 27 heavy (non-hydrogen) atoms. The zero-order chi connectivity index (χ0) is 19.4. The Morgan fingerprint density at radius 2 is 1.37 bits per heavy atom. The summed E-state index contributed by atoms with van der Waals surface area (Å²) in [5.74, 6) is 1.33. The van der Waals surface area contributed by atoms with Crippen molar-refractivity contribution in [3.05, 3.63) is 0 Å². The molecule has 3 heterocycles. The van der Waals surface area contributed by atoms with Gasteiger partial charge in [-0.2, -0.15) is 0 Å². The summed E-state index contributed by atoms with van der Waals surface area (Å²) in [5.41, 5.74) is 0. The highest BCUT2D eigenvalue weighted by molar-refractivity contribution is 5.79. The van der Waals surface area contributed by atoms with Crippen LogP contribution in [0.2, 0.25) is 0 Å². The average Bonchev–Trinajstić information content (AvgIpc) is 2.68. The van der Waals surface area contributed by atoms with Crippen LogP contribution < -0.4 is 0 Å². The molecule has 0 aromatic heterocycles. The van der Waals surface area contributed by atoms with E-state index in [4.69, 9.17) is 0 Å². The second-order valence-electron chi connectivity index (χ2n) is 8.98. The van der Waals surface area contributed by atoms with Crippen molar-refractivity contribution in [2.75, 3.05) is 58.9 Å². The summed E-state index contributed by atoms with van der Waals surface area (Å²) in [7, 11) is 0. The number of likely N-dealkylation sites (tertiary alicyclic amines) is 2. The minimum atomic E-state index is 0.126. The second kappa shape index (κ2) is 9.37. The van der Waals surface area contributed by atoms with Crippen LogP contribution in [0.4, 0.5) is 0 Å². The standard InChI is InChI=1S/C21H38N4O2/c1-17(2)23-14-12-22(13-15-23)16-19-4-8-25(9-5-19)21(27)20-6-10-24(11-7-20)18(3)26/h17,19-20H,4-16H2,1-3H3. The molecule has 0 aliphatic carbocycles. The Labute approximate surface area is 164 Å². The van der Waals surface area contributed by atoms with E-state index in [0.29, 0.717) is 11.9 Å². The van der Waals surface area contributed by atoms with E-state index >= 15 is 0 Å². The zero-order valence-corrected chi connectivity index (χ0v) is 17.5. The lowest BCUT2D eigenvalue weighted by molar-refractivity contribution is -0.141. The Balaban J connectivity index is 1.37. The number of piperazine rings is 1. The minimum absolute atomic E-state index is 0.126. The Hall–Kier alpha value is -1.14. The van der Waals surface area contributed by atoms with E-state index in [0.717, 1.165) is 57.8 Å². The molecule has 3 aliphatic heterocycles. The van der Waals surface area contributed by atoms with E-state index in [-0.39, 0.29) is 11.8 Å². The van der Waals surface area contributed by atoms with Crippen molar-refractivity contribution in [1.82, 2.24) is 19.6 Å². The minimum Gasteiger partial charge on any atom is -0.343 e. The lowest BCUT2D eigenvalue weighted by atomic mass is 9.91. The first-order valence-electron chi connectivity index (χ1n) is 10.9. The van der Waals surface area contributed by atoms with Gasteiger partial charge in [0.2, 0.25) is 11.8 Å². The molecular formula is C21H38N4O2. The Morgan fingerprint density at radius 1 is 0.815 bits per heavy atom. The number of carbonyl (C=O) groups is 2. The maximum atomic E-state index is 12.8. The number of nitrogens with zero attached hydrogens (tertiary/aromatic N) is 4. The highest BCUT2D eigenvalue weighted by Gasteiger charge is 2.32. The van der Waals surface area contributed by atoms with Crippen LogP contribution in [0.3, 0.4) is 0 Å². The van der Waals surface area contributed by atoms with Gasteiger partial charge in [0.05, 0.1) is 0 Å². The molecular weight excluding hydrogens is 340 g/mol. The largest absolute Gasteiger partial charge is 0.343 e. The highest BCUT2D eigenvalue weighted by Crippen LogP contribution is 2.24. The van der Waals surface area contributed by atoms with Gasteiger partial charge in [0, 0.05) is 77.8 Å². The van der Waals surface area contributed by atoms with Crippen LogP contribution in [0.1, 0.15) is 46.5 Å². The van der Waals surface area contributed by atoms with E-state index in [9.17, 15) is 9.59 Å². The normalized spacial score (nSPS) is 24.6. The molecule has 0 radical (unpaired) electrons. The van der Waals surface area contributed by atoms with Gasteiger partial charge in [0.25, 0.3) is 0 Å². The summed E-state index contributed by atoms with van der Waals surface area (Å²) in [6.45, 7) is 15.5. The number of amides is 2. The smallest absolute Gasteiger partial charge is 0.225 e. The number of rotatable bonds is 4. The van der Waals surface area contributed by atoms with Crippen molar-refractivity contribution in [2.24, 2.45) is 11.8 Å². The van der Waals surface area contributed by atoms with Crippen molar-refractivity contribution >= 4 is 11.8 Å². The second-order valence-corrected chi connectivity index (χ2v) is 8.98. The fourth-order valence-corrected chi connectivity index (χ4v) is 4.86. The molecule has 3 saturated heterocycles. The van der Waals surface area contributed by atoms with Gasteiger partial charge in [-0.25, -0.2) is 0 Å². The monoisotopic (exact) mass is 378 g/mol. The van der Waals surface area contributed by atoms with Crippen LogP contribution in [0, 0.1) is 11.8 Å². The molecule has 0 bridgehead atoms. The Bertz CT molecular complexity index is 500. The van der Waals surface area contributed by atoms with E-state index in [1.165, 1.54) is 32.7 Å². The molecule has 0 atom stereocenters. The molecule has 0 aromatic rings. The number of hydrogen-bond acceptors (Lipinski definition) is 4. The van der Waals surface area contributed by atoms with Crippen molar-refractivity contribution in [2.45, 2.75) is 52.5 Å². The van der Waals surface area contributed by atoms with Crippen LogP contribution >= 0.6 is 0 Å². The van der Waals surface area contributed by atoms with Gasteiger partial charge in [-0.15, -0.1) is 0 Å². The molecule has 0 aromatic carbocycles. The molecule has 3 rings (SSSR count). The van der Waals surface area contributed by atoms with E-state index in [1.54, 1.807) is 6.92 Å². The maximum Gasteiger partial charge on any atom is 0.225 e. The number of hydrogen-bond donors (Lipinski definition) is 0. The summed E-state index contributed by atoms with van der Waals surface area (Å²) < 4.78 is 0. The molecule has 2 amide bonds. The Morgan fingerprint density at radius 3 is 1.89 bits per heavy atom. The van der Waals surface area contributed by atoms with Crippen LogP contribution in [0.5, 0.6) is 0 Å². The fraction of sp³-hybridized carbons (Fsp3) is 0.905. The average molecular weight is 379 g/mol. The van der Waals surface area contributed by atoms with Crippen molar-refractivity contribution in [3.63, 3.8) is 0 Å². The molecule has 6 nitrogen and oxygen atoms in total. The summed E-state index contributed by atoms with van der Waals surface area (Å²) in [5, 5.41) is 0. The lowest BCUT2D eigenvalue weighted by Crippen LogP contribution is -2.51. The van der Waals surface area contributed by atoms with Crippen LogP contribution in [-0.4, -0.2) is 96.4 Å². The molecule has 0 saturated carbocycles. The predicted molar refractivity (Wildman–Crippen MR) is 107 cm³/mol. The first-order chi connectivity index (χ1) is 12.9. The van der Waals surface area contributed by atoms with Crippen molar-refractivity contribution in [1.29, 1.82) is 0 Å². The first kappa shape index (κ1) is 20.6. The zero-order valence-electron chi connectivity index (χ0n) is 17.5. The van der Waals surface area contributed by atoms with Gasteiger partial charge in [0.1, 0.15) is 0 Å². The van der Waals surface area contributed by atoms with Crippen LogP contribution in [0.15, 0.2) is 0 Å². The third-order valence-electron chi connectivity index (χ3n) is 6.87. The molecule has 3 aliphatic rings. The van der Waals surface area contributed by atoms with E-state index < -0.39 is 0 Å². The van der Waals surface area contributed by atoms with Gasteiger partial charge < -0.3 is 14.7 Å². The fourth-order valence-electron chi connectivity index (χ4n) is 4.86. The molecule has 0 N–H and O–H groups in total. The SMILES string of the molecule is CC(=O)N1CCC(C(=O)N2CCC(CN3CCN(C(C)C)CC3)CC2)CC1. The van der Waals surface area contributed by atoms with Gasteiger partial charge in [0.15, 0.2) is 0 Å². The van der Waals surface area contributed by atoms with Crippen LogP contribution in [0.25, 0.3) is 0 Å². The highest BCUT2D eigenvalue weighted by atomic mass is 16.2. The summed E-state index contributed by atoms with van der Waals surface area (Å²) in [6, 6.07) is 0.656. The van der Waals surface area contributed by atoms with Crippen molar-refractivity contribution < 1.29 is 9.59 Å². The number of carbonyl (C=O) groups excluding carboxylic acids is 2. The first-order valence-corrected chi connectivity index (χ1v) is 10.9. The Kier molecular flexibility index (Phi) is 7.15.